The third kappa shape index (κ3) is 6.04. The zero-order chi connectivity index (χ0) is 5.98. The summed E-state index contributed by atoms with van der Waals surface area (Å²) in [7, 11) is 0. The minimum Gasteiger partial charge on any atom is -0.397 e. The molecule has 66 valence electrons. The van der Waals surface area contributed by atoms with Crippen molar-refractivity contribution in [1.29, 1.82) is 0 Å². The maximum Gasteiger partial charge on any atom is 0.123 e. The van der Waals surface area contributed by atoms with Gasteiger partial charge in [-0.15, -0.1) is 37.2 Å². The number of hydrogen-bond donors (Lipinski definition) is 2. The fourth-order valence-corrected chi connectivity index (χ4v) is 0.417. The van der Waals surface area contributed by atoms with Crippen LogP contribution in [-0.2, 0) is 0 Å². The molecule has 0 aliphatic heterocycles. The summed E-state index contributed by atoms with van der Waals surface area (Å²) in [5.74, 6) is 0.499. The molecule has 0 bridgehead atoms. The lowest BCUT2D eigenvalue weighted by Gasteiger charge is -1.89. The Morgan fingerprint density at radius 1 is 1.00 bits per heavy atom. The van der Waals surface area contributed by atoms with Gasteiger partial charge in [0.15, 0.2) is 0 Å². The lowest BCUT2D eigenvalue weighted by atomic mass is 10.4. The average Bonchev–Trinajstić information content (AvgIpc) is 1.77. The average molecular weight is 219 g/mol. The molecule has 0 aliphatic rings. The molecule has 0 spiro atoms. The zero-order valence-corrected chi connectivity index (χ0v) is 8.01. The number of aromatic nitrogens is 1. The van der Waals surface area contributed by atoms with Crippen molar-refractivity contribution in [3.63, 3.8) is 0 Å². The topological polar surface area (TPSA) is 64.9 Å². The van der Waals surface area contributed by atoms with Gasteiger partial charge in [-0.2, -0.15) is 0 Å². The molecule has 0 fully saturated rings. The van der Waals surface area contributed by atoms with Crippen molar-refractivity contribution in [3.05, 3.63) is 18.3 Å². The third-order valence-electron chi connectivity index (χ3n) is 0.809. The van der Waals surface area contributed by atoms with Gasteiger partial charge in [-0.25, -0.2) is 4.98 Å². The molecule has 4 N–H and O–H groups in total. The van der Waals surface area contributed by atoms with Crippen molar-refractivity contribution in [2.75, 3.05) is 11.5 Å². The van der Waals surface area contributed by atoms with Crippen molar-refractivity contribution >= 4 is 48.7 Å². The predicted octanol–water partition coefficient (Wildman–Crippen LogP) is 1.51. The summed E-state index contributed by atoms with van der Waals surface area (Å²) in [6, 6.07) is 3.37. The molecule has 0 saturated carbocycles. The molecule has 0 radical (unpaired) electrons. The minimum absolute atomic E-state index is 0. The van der Waals surface area contributed by atoms with Gasteiger partial charge in [0.05, 0.1) is 11.9 Å². The lowest BCUT2D eigenvalue weighted by Crippen LogP contribution is -1.90. The van der Waals surface area contributed by atoms with E-state index in [-0.39, 0.29) is 37.2 Å². The fraction of sp³-hybridized carbons (Fsp3) is 0. The smallest absolute Gasteiger partial charge is 0.123 e. The Labute approximate surface area is 83.8 Å². The highest BCUT2D eigenvalue weighted by Crippen LogP contribution is 1.99. The molecule has 3 nitrogen and oxygen atoms in total. The molecule has 0 aliphatic carbocycles. The Morgan fingerprint density at radius 3 is 1.82 bits per heavy atom. The second-order valence-corrected chi connectivity index (χ2v) is 1.52. The van der Waals surface area contributed by atoms with Crippen LogP contribution in [0.25, 0.3) is 0 Å². The SMILES string of the molecule is Cl.Cl.Cl.Nc1ccc(N)nc1. The van der Waals surface area contributed by atoms with Gasteiger partial charge in [0.25, 0.3) is 0 Å². The van der Waals surface area contributed by atoms with Crippen molar-refractivity contribution in [2.24, 2.45) is 0 Å². The molecule has 6 heteroatoms. The van der Waals surface area contributed by atoms with Gasteiger partial charge in [-0.1, -0.05) is 0 Å². The van der Waals surface area contributed by atoms with Gasteiger partial charge in [0, 0.05) is 0 Å². The molecule has 1 heterocycles. The van der Waals surface area contributed by atoms with Gasteiger partial charge in [-0.05, 0) is 12.1 Å². The van der Waals surface area contributed by atoms with Crippen LogP contribution in [0.4, 0.5) is 11.5 Å². The number of nitrogens with two attached hydrogens (primary N) is 2. The van der Waals surface area contributed by atoms with Crippen LogP contribution in [0, 0.1) is 0 Å². The van der Waals surface area contributed by atoms with Crippen molar-refractivity contribution in [2.45, 2.75) is 0 Å². The number of nitrogen functional groups attached to an aromatic ring is 2. The van der Waals surface area contributed by atoms with Crippen LogP contribution < -0.4 is 11.5 Å². The van der Waals surface area contributed by atoms with Gasteiger partial charge >= 0.3 is 0 Å². The Hall–Kier alpha value is -0.380. The van der Waals surface area contributed by atoms with Crippen LogP contribution in [-0.4, -0.2) is 4.98 Å². The quantitative estimate of drug-likeness (QED) is 0.694. The fourth-order valence-electron chi connectivity index (χ4n) is 0.417. The van der Waals surface area contributed by atoms with E-state index in [9.17, 15) is 0 Å². The van der Waals surface area contributed by atoms with Crippen LogP contribution in [0.1, 0.15) is 0 Å². The highest BCUT2D eigenvalue weighted by Gasteiger charge is 1.82. The monoisotopic (exact) mass is 217 g/mol. The van der Waals surface area contributed by atoms with Crippen molar-refractivity contribution in [3.8, 4) is 0 Å². The molecule has 1 aromatic heterocycles. The highest BCUT2D eigenvalue weighted by molar-refractivity contribution is 5.86. The van der Waals surface area contributed by atoms with Crippen LogP contribution in [0.5, 0.6) is 0 Å². The maximum atomic E-state index is 5.31. The number of rotatable bonds is 0. The number of halogens is 3. The standard InChI is InChI=1S/C5H7N3.3ClH/c6-4-1-2-5(7)8-3-4;;;/h1-3H,6H2,(H2,7,8);3*1H. The van der Waals surface area contributed by atoms with Gasteiger partial charge < -0.3 is 11.5 Å². The van der Waals surface area contributed by atoms with E-state index in [2.05, 4.69) is 4.98 Å². The summed E-state index contributed by atoms with van der Waals surface area (Å²) >= 11 is 0. The Balaban J connectivity index is -0.000000213. The molecule has 0 atom stereocenters. The van der Waals surface area contributed by atoms with E-state index in [0.29, 0.717) is 11.5 Å². The van der Waals surface area contributed by atoms with E-state index in [1.807, 2.05) is 0 Å². The number of anilines is 2. The van der Waals surface area contributed by atoms with Crippen LogP contribution >= 0.6 is 37.2 Å². The summed E-state index contributed by atoms with van der Waals surface area (Å²) in [5, 5.41) is 0. The predicted molar refractivity (Wildman–Crippen MR) is 54.8 cm³/mol. The number of nitrogens with zero attached hydrogens (tertiary/aromatic N) is 1. The normalized spacial score (nSPS) is 6.55. The first kappa shape index (κ1) is 16.9. The molecule has 0 saturated heterocycles. The van der Waals surface area contributed by atoms with E-state index < -0.39 is 0 Å². The van der Waals surface area contributed by atoms with Crippen molar-refractivity contribution in [1.82, 2.24) is 4.98 Å². The maximum absolute atomic E-state index is 5.31. The first-order chi connectivity index (χ1) is 3.79. The second kappa shape index (κ2) is 7.72. The molecule has 11 heavy (non-hydrogen) atoms. The summed E-state index contributed by atoms with van der Waals surface area (Å²) in [4.78, 5) is 3.73. The first-order valence-corrected chi connectivity index (χ1v) is 2.26. The molecular weight excluding hydrogens is 208 g/mol. The highest BCUT2D eigenvalue weighted by atomic mass is 35.5. The van der Waals surface area contributed by atoms with Gasteiger partial charge in [0.2, 0.25) is 0 Å². The summed E-state index contributed by atoms with van der Waals surface area (Å²) in [5.41, 5.74) is 11.2. The Bertz CT molecular complexity index is 156. The number of pyridine rings is 1. The van der Waals surface area contributed by atoms with Crippen molar-refractivity contribution < 1.29 is 0 Å². The minimum atomic E-state index is 0. The van der Waals surface area contributed by atoms with E-state index in [4.69, 9.17) is 11.5 Å². The molecule has 1 aromatic rings. The van der Waals surface area contributed by atoms with E-state index >= 15 is 0 Å². The van der Waals surface area contributed by atoms with Gasteiger partial charge in [-0.3, -0.25) is 0 Å². The molecule has 0 amide bonds. The van der Waals surface area contributed by atoms with Crippen LogP contribution in [0.3, 0.4) is 0 Å². The number of hydrogen-bond acceptors (Lipinski definition) is 3. The Kier molecular flexibility index (Phi) is 11.9. The van der Waals surface area contributed by atoms with Gasteiger partial charge in [0.1, 0.15) is 5.82 Å². The molecule has 1 rings (SSSR count). The van der Waals surface area contributed by atoms with E-state index in [1.54, 1.807) is 12.1 Å². The molecule has 0 aromatic carbocycles. The summed E-state index contributed by atoms with van der Waals surface area (Å²) < 4.78 is 0. The zero-order valence-electron chi connectivity index (χ0n) is 5.56. The largest absolute Gasteiger partial charge is 0.397 e. The van der Waals surface area contributed by atoms with Crippen LogP contribution in [0.2, 0.25) is 0 Å². The second-order valence-electron chi connectivity index (χ2n) is 1.52. The summed E-state index contributed by atoms with van der Waals surface area (Å²) in [6.07, 6.45) is 1.52. The van der Waals surface area contributed by atoms with E-state index in [0.717, 1.165) is 0 Å². The van der Waals surface area contributed by atoms with E-state index in [1.165, 1.54) is 6.20 Å². The third-order valence-corrected chi connectivity index (χ3v) is 0.809. The van der Waals surface area contributed by atoms with Crippen LogP contribution in [0.15, 0.2) is 18.3 Å². The molecule has 0 unspecified atom stereocenters. The first-order valence-electron chi connectivity index (χ1n) is 2.26. The summed E-state index contributed by atoms with van der Waals surface area (Å²) in [6.45, 7) is 0. The Morgan fingerprint density at radius 2 is 1.55 bits per heavy atom. The lowest BCUT2D eigenvalue weighted by molar-refractivity contribution is 1.34. The molecular formula is C5H10Cl3N3.